The number of hydrogen-bond donors (Lipinski definition) is 0. The molecular formula is C29H46F2O. The van der Waals surface area contributed by atoms with E-state index in [0.29, 0.717) is 12.2 Å². The summed E-state index contributed by atoms with van der Waals surface area (Å²) in [6.07, 6.45) is 19.5. The fraction of sp³-hybridized carbons (Fsp3) is 0.793. The van der Waals surface area contributed by atoms with E-state index in [1.54, 1.807) is 12.1 Å². The van der Waals surface area contributed by atoms with Gasteiger partial charge in [0.15, 0.2) is 11.6 Å². The van der Waals surface area contributed by atoms with Crippen LogP contribution < -0.4 is 4.74 Å². The van der Waals surface area contributed by atoms with Crippen LogP contribution in [-0.2, 0) is 0 Å². The number of halogens is 2. The molecule has 1 aromatic carbocycles. The summed E-state index contributed by atoms with van der Waals surface area (Å²) in [6.45, 7) is 4.96. The molecule has 0 aromatic heterocycles. The second-order valence-electron chi connectivity index (χ2n) is 10.6. The SMILES string of the molecule is CCCCCCCCOc1ccc(C2CCC([C@H]3CC[C@H](CCC)CC3)CC2)c(F)c1F. The zero-order valence-electron chi connectivity index (χ0n) is 20.6. The minimum Gasteiger partial charge on any atom is -0.490 e. The molecule has 2 aliphatic rings. The first-order chi connectivity index (χ1) is 15.6. The van der Waals surface area contributed by atoms with Crippen LogP contribution in [0.25, 0.3) is 0 Å². The van der Waals surface area contributed by atoms with Crippen molar-refractivity contribution in [3.8, 4) is 5.75 Å². The van der Waals surface area contributed by atoms with Crippen LogP contribution in [0.2, 0.25) is 0 Å². The maximum Gasteiger partial charge on any atom is 0.200 e. The first-order valence-electron chi connectivity index (χ1n) is 13.7. The molecule has 32 heavy (non-hydrogen) atoms. The normalized spacial score (nSPS) is 26.2. The predicted molar refractivity (Wildman–Crippen MR) is 130 cm³/mol. The molecular weight excluding hydrogens is 402 g/mol. The minimum atomic E-state index is -0.787. The number of rotatable bonds is 12. The maximum atomic E-state index is 14.9. The predicted octanol–water partition coefficient (Wildman–Crippen LogP) is 9.58. The van der Waals surface area contributed by atoms with Gasteiger partial charge in [-0.15, -0.1) is 0 Å². The molecule has 0 unspecified atom stereocenters. The Labute approximate surface area is 195 Å². The van der Waals surface area contributed by atoms with Crippen LogP contribution in [0.4, 0.5) is 8.78 Å². The number of ether oxygens (including phenoxy) is 1. The van der Waals surface area contributed by atoms with E-state index in [2.05, 4.69) is 13.8 Å². The first kappa shape index (κ1) is 25.5. The highest BCUT2D eigenvalue weighted by molar-refractivity contribution is 5.33. The Bertz CT molecular complexity index is 657. The Hall–Kier alpha value is -1.12. The van der Waals surface area contributed by atoms with Crippen LogP contribution in [0.15, 0.2) is 12.1 Å². The van der Waals surface area contributed by atoms with Gasteiger partial charge < -0.3 is 4.74 Å². The van der Waals surface area contributed by atoms with Gasteiger partial charge in [0.2, 0.25) is 5.82 Å². The molecule has 1 nitrogen and oxygen atoms in total. The molecule has 0 atom stereocenters. The van der Waals surface area contributed by atoms with Gasteiger partial charge in [-0.3, -0.25) is 0 Å². The molecule has 0 radical (unpaired) electrons. The van der Waals surface area contributed by atoms with E-state index in [0.717, 1.165) is 43.4 Å². The van der Waals surface area contributed by atoms with Crippen molar-refractivity contribution in [1.29, 1.82) is 0 Å². The summed E-state index contributed by atoms with van der Waals surface area (Å²) in [6, 6.07) is 3.45. The largest absolute Gasteiger partial charge is 0.490 e. The van der Waals surface area contributed by atoms with Crippen LogP contribution >= 0.6 is 0 Å². The molecule has 0 amide bonds. The van der Waals surface area contributed by atoms with Crippen molar-refractivity contribution in [2.24, 2.45) is 17.8 Å². The highest BCUT2D eigenvalue weighted by Gasteiger charge is 2.32. The molecule has 0 aliphatic heterocycles. The van der Waals surface area contributed by atoms with Crippen molar-refractivity contribution in [3.05, 3.63) is 29.3 Å². The zero-order chi connectivity index (χ0) is 22.8. The summed E-state index contributed by atoms with van der Waals surface area (Å²) in [5, 5.41) is 0. The van der Waals surface area contributed by atoms with Gasteiger partial charge in [0.05, 0.1) is 6.61 Å². The average molecular weight is 449 g/mol. The Balaban J connectivity index is 1.44. The molecule has 2 aliphatic carbocycles. The summed E-state index contributed by atoms with van der Waals surface area (Å²) in [5.41, 5.74) is 0.569. The lowest BCUT2D eigenvalue weighted by Gasteiger charge is -2.38. The molecule has 0 N–H and O–H groups in total. The molecule has 0 saturated heterocycles. The van der Waals surface area contributed by atoms with Crippen LogP contribution in [0, 0.1) is 29.4 Å². The number of unbranched alkanes of at least 4 members (excludes halogenated alkanes) is 5. The lowest BCUT2D eigenvalue weighted by Crippen LogP contribution is -2.25. The summed E-state index contributed by atoms with van der Waals surface area (Å²) >= 11 is 0. The first-order valence-corrected chi connectivity index (χ1v) is 13.7. The van der Waals surface area contributed by atoms with Crippen LogP contribution in [0.3, 0.4) is 0 Å². The van der Waals surface area contributed by atoms with Crippen LogP contribution in [-0.4, -0.2) is 6.61 Å². The quantitative estimate of drug-likeness (QED) is 0.289. The van der Waals surface area contributed by atoms with E-state index in [1.165, 1.54) is 77.0 Å². The van der Waals surface area contributed by atoms with Gasteiger partial charge in [-0.05, 0) is 80.2 Å². The zero-order valence-corrected chi connectivity index (χ0v) is 20.6. The van der Waals surface area contributed by atoms with Crippen molar-refractivity contribution in [2.45, 2.75) is 122 Å². The van der Waals surface area contributed by atoms with Gasteiger partial charge in [0, 0.05) is 0 Å². The van der Waals surface area contributed by atoms with Crippen molar-refractivity contribution >= 4 is 0 Å². The van der Waals surface area contributed by atoms with Crippen molar-refractivity contribution in [2.75, 3.05) is 6.61 Å². The topological polar surface area (TPSA) is 9.23 Å². The lowest BCUT2D eigenvalue weighted by atomic mass is 9.68. The molecule has 1 aromatic rings. The second-order valence-corrected chi connectivity index (χ2v) is 10.6. The lowest BCUT2D eigenvalue weighted by molar-refractivity contribution is 0.155. The third kappa shape index (κ3) is 7.19. The third-order valence-electron chi connectivity index (χ3n) is 8.30. The second kappa shape index (κ2) is 13.6. The highest BCUT2D eigenvalue weighted by Crippen LogP contribution is 2.45. The van der Waals surface area contributed by atoms with E-state index >= 15 is 0 Å². The molecule has 3 heteroatoms. The van der Waals surface area contributed by atoms with E-state index < -0.39 is 11.6 Å². The fourth-order valence-electron chi connectivity index (χ4n) is 6.30. The monoisotopic (exact) mass is 448 g/mol. The fourth-order valence-corrected chi connectivity index (χ4v) is 6.30. The van der Waals surface area contributed by atoms with Gasteiger partial charge in [0.25, 0.3) is 0 Å². The third-order valence-corrected chi connectivity index (χ3v) is 8.30. The summed E-state index contributed by atoms with van der Waals surface area (Å²) < 4.78 is 35.1. The Morgan fingerprint density at radius 1 is 0.719 bits per heavy atom. The Kier molecular flexibility index (Phi) is 10.8. The van der Waals surface area contributed by atoms with Crippen LogP contribution in [0.1, 0.15) is 128 Å². The maximum absolute atomic E-state index is 14.9. The van der Waals surface area contributed by atoms with E-state index in [4.69, 9.17) is 4.74 Å². The summed E-state index contributed by atoms with van der Waals surface area (Å²) in [7, 11) is 0. The molecule has 0 bridgehead atoms. The van der Waals surface area contributed by atoms with Gasteiger partial charge in [-0.1, -0.05) is 77.7 Å². The molecule has 2 saturated carbocycles. The minimum absolute atomic E-state index is 0.0809. The van der Waals surface area contributed by atoms with Gasteiger partial charge in [0.1, 0.15) is 0 Å². The molecule has 0 spiro atoms. The average Bonchev–Trinajstić information content (AvgIpc) is 2.82. The summed E-state index contributed by atoms with van der Waals surface area (Å²) in [4.78, 5) is 0. The van der Waals surface area contributed by atoms with Gasteiger partial charge >= 0.3 is 0 Å². The molecule has 3 rings (SSSR count). The van der Waals surface area contributed by atoms with E-state index in [-0.39, 0.29) is 11.7 Å². The van der Waals surface area contributed by atoms with E-state index in [1.807, 2.05) is 0 Å². The smallest absolute Gasteiger partial charge is 0.200 e. The highest BCUT2D eigenvalue weighted by atomic mass is 19.2. The van der Waals surface area contributed by atoms with E-state index in [9.17, 15) is 8.78 Å². The number of benzene rings is 1. The van der Waals surface area contributed by atoms with Crippen molar-refractivity contribution in [3.63, 3.8) is 0 Å². The Morgan fingerprint density at radius 2 is 1.34 bits per heavy atom. The van der Waals surface area contributed by atoms with Crippen molar-refractivity contribution < 1.29 is 13.5 Å². The van der Waals surface area contributed by atoms with Gasteiger partial charge in [-0.2, -0.15) is 4.39 Å². The van der Waals surface area contributed by atoms with Crippen molar-refractivity contribution in [1.82, 2.24) is 0 Å². The Morgan fingerprint density at radius 3 is 2.00 bits per heavy atom. The molecule has 182 valence electrons. The molecule has 0 heterocycles. The number of hydrogen-bond acceptors (Lipinski definition) is 1. The summed E-state index contributed by atoms with van der Waals surface area (Å²) in [5.74, 6) is 1.39. The van der Waals surface area contributed by atoms with Gasteiger partial charge in [-0.25, -0.2) is 4.39 Å². The van der Waals surface area contributed by atoms with Crippen LogP contribution in [0.5, 0.6) is 5.75 Å². The standard InChI is InChI=1S/C29H46F2O/c1-3-5-6-7-8-9-21-32-27-20-19-26(28(30)29(27)31)25-17-15-24(16-18-25)23-13-11-22(10-4-2)12-14-23/h19-20,22-25H,3-18,21H2,1-2H3/t22-,23-,24?,25?. The molecule has 2 fully saturated rings.